The van der Waals surface area contributed by atoms with Crippen molar-refractivity contribution >= 4 is 27.8 Å². The molecule has 2 heterocycles. The molecule has 27 heavy (non-hydrogen) atoms. The molecule has 3 aromatic rings. The molecule has 3 nitrogen and oxygen atoms in total. The number of hydrogen-bond donors (Lipinski definition) is 1. The monoisotopic (exact) mass is 374 g/mol. The molecule has 4 heteroatoms. The number of rotatable bonds is 2. The van der Waals surface area contributed by atoms with Gasteiger partial charge < -0.3 is 4.98 Å². The fourth-order valence-electron chi connectivity index (χ4n) is 4.65. The Morgan fingerprint density at radius 2 is 1.96 bits per heavy atom. The van der Waals surface area contributed by atoms with Gasteiger partial charge in [-0.2, -0.15) is 0 Å². The number of nitrogens with zero attached hydrogens (tertiary/aromatic N) is 1. The molecule has 2 aromatic carbocycles. The number of aromatic nitrogens is 1. The topological polar surface area (TPSA) is 36.1 Å². The van der Waals surface area contributed by atoms with E-state index in [2.05, 4.69) is 48.1 Å². The predicted octanol–water partition coefficient (Wildman–Crippen LogP) is 5.00. The van der Waals surface area contributed by atoms with Crippen molar-refractivity contribution in [1.82, 2.24) is 9.88 Å². The van der Waals surface area contributed by atoms with Crippen molar-refractivity contribution in [2.24, 2.45) is 0 Å². The molecule has 1 aromatic heterocycles. The zero-order valence-electron chi connectivity index (χ0n) is 15.5. The first-order valence-electron chi connectivity index (χ1n) is 9.40. The summed E-state index contributed by atoms with van der Waals surface area (Å²) in [4.78, 5) is 18.8. The Morgan fingerprint density at radius 1 is 1.15 bits per heavy atom. The molecule has 0 saturated heterocycles. The highest BCUT2D eigenvalue weighted by atomic mass is 32.2. The van der Waals surface area contributed by atoms with E-state index in [0.29, 0.717) is 12.0 Å². The first-order valence-corrected chi connectivity index (χ1v) is 10.2. The molecule has 1 aliphatic heterocycles. The van der Waals surface area contributed by atoms with Crippen LogP contribution in [0, 0.1) is 0 Å². The lowest BCUT2D eigenvalue weighted by Crippen LogP contribution is -2.43. The fourth-order valence-corrected chi connectivity index (χ4v) is 5.56. The summed E-state index contributed by atoms with van der Waals surface area (Å²) < 4.78 is 0. The zero-order chi connectivity index (χ0) is 18.5. The summed E-state index contributed by atoms with van der Waals surface area (Å²) in [6.45, 7) is 3.24. The molecule has 0 spiro atoms. The van der Waals surface area contributed by atoms with Crippen LogP contribution in [0.4, 0.5) is 0 Å². The number of carbonyl (C=O) groups excluding carboxylic acids is 1. The molecule has 0 saturated carbocycles. The standard InChI is InChI=1S/C23H22N2OS/c1-14-11-17-16-9-6-10-19-21(16)18(12-20(17)25(2)13-14)22(24-19)27-23(26)15-7-4-3-5-8-15/h3-11,17,20,24H,12-13H2,1-2H3/t17-,20-/m1/s1. The summed E-state index contributed by atoms with van der Waals surface area (Å²) in [5.41, 5.74) is 6.01. The van der Waals surface area contributed by atoms with Gasteiger partial charge in [0.1, 0.15) is 0 Å². The smallest absolute Gasteiger partial charge is 0.225 e. The summed E-state index contributed by atoms with van der Waals surface area (Å²) >= 11 is 1.33. The molecular formula is C23H22N2OS. The fraction of sp³-hybridized carbons (Fsp3) is 0.261. The van der Waals surface area contributed by atoms with Crippen LogP contribution in [0.1, 0.15) is 34.3 Å². The van der Waals surface area contributed by atoms with Crippen molar-refractivity contribution in [2.45, 2.75) is 30.3 Å². The maximum atomic E-state index is 12.8. The SMILES string of the molecule is CC1=C[C@@H]2c3cccc4[nH]c(SC(=O)c5ccccc5)c(c34)C[C@H]2N(C)C1. The third-order valence-electron chi connectivity index (χ3n) is 5.84. The van der Waals surface area contributed by atoms with Gasteiger partial charge in [-0.25, -0.2) is 0 Å². The molecule has 0 amide bonds. The van der Waals surface area contributed by atoms with Gasteiger partial charge in [-0.1, -0.05) is 54.1 Å². The highest BCUT2D eigenvalue weighted by Crippen LogP contribution is 2.45. The molecule has 0 bridgehead atoms. The summed E-state index contributed by atoms with van der Waals surface area (Å²) in [6.07, 6.45) is 3.42. The number of thioether (sulfide) groups is 1. The van der Waals surface area contributed by atoms with Gasteiger partial charge in [-0.15, -0.1) is 0 Å². The lowest BCUT2D eigenvalue weighted by Gasteiger charge is -2.41. The van der Waals surface area contributed by atoms with Crippen molar-refractivity contribution in [3.63, 3.8) is 0 Å². The predicted molar refractivity (Wildman–Crippen MR) is 112 cm³/mol. The van der Waals surface area contributed by atoms with Gasteiger partial charge in [0.25, 0.3) is 0 Å². The molecule has 0 fully saturated rings. The van der Waals surface area contributed by atoms with E-state index in [-0.39, 0.29) is 5.12 Å². The van der Waals surface area contributed by atoms with Crippen LogP contribution >= 0.6 is 11.8 Å². The largest absolute Gasteiger partial charge is 0.349 e. The first-order chi connectivity index (χ1) is 13.1. The molecule has 5 rings (SSSR count). The number of aromatic amines is 1. The number of benzene rings is 2. The van der Waals surface area contributed by atoms with Crippen LogP contribution in [-0.4, -0.2) is 34.6 Å². The van der Waals surface area contributed by atoms with Crippen molar-refractivity contribution in [3.8, 4) is 0 Å². The molecule has 1 N–H and O–H groups in total. The molecular weight excluding hydrogens is 352 g/mol. The van der Waals surface area contributed by atoms with Crippen LogP contribution in [0.5, 0.6) is 0 Å². The van der Waals surface area contributed by atoms with E-state index in [1.165, 1.54) is 33.8 Å². The van der Waals surface area contributed by atoms with Gasteiger partial charge in [0.2, 0.25) is 5.12 Å². The first kappa shape index (κ1) is 16.8. The number of fused-ring (bicyclic) bond motifs is 2. The molecule has 136 valence electrons. The average molecular weight is 375 g/mol. The zero-order valence-corrected chi connectivity index (χ0v) is 16.3. The molecule has 0 unspecified atom stereocenters. The average Bonchev–Trinajstić information content (AvgIpc) is 3.02. The molecule has 2 atom stereocenters. The van der Waals surface area contributed by atoms with Gasteiger partial charge in [-0.05, 0) is 49.3 Å². The maximum Gasteiger partial charge on any atom is 0.225 e. The van der Waals surface area contributed by atoms with E-state index in [4.69, 9.17) is 0 Å². The van der Waals surface area contributed by atoms with Gasteiger partial charge in [0, 0.05) is 35.0 Å². The highest BCUT2D eigenvalue weighted by molar-refractivity contribution is 8.14. The van der Waals surface area contributed by atoms with Crippen LogP contribution in [0.3, 0.4) is 0 Å². The Morgan fingerprint density at radius 3 is 2.78 bits per heavy atom. The maximum absolute atomic E-state index is 12.8. The second-order valence-corrected chi connectivity index (χ2v) is 8.67. The van der Waals surface area contributed by atoms with Crippen molar-refractivity contribution in [2.75, 3.05) is 13.6 Å². The Balaban J connectivity index is 1.60. The number of carbonyl (C=O) groups is 1. The Labute approximate surface area is 163 Å². The van der Waals surface area contributed by atoms with Crippen LogP contribution in [0.2, 0.25) is 0 Å². The molecule has 0 radical (unpaired) electrons. The van der Waals surface area contributed by atoms with Gasteiger partial charge in [0.15, 0.2) is 0 Å². The minimum Gasteiger partial charge on any atom is -0.349 e. The minimum atomic E-state index is 0.0924. The Bertz CT molecular complexity index is 1070. The highest BCUT2D eigenvalue weighted by Gasteiger charge is 2.36. The molecule has 1 aliphatic carbocycles. The molecule has 2 aliphatic rings. The summed E-state index contributed by atoms with van der Waals surface area (Å²) in [6, 6.07) is 16.5. The van der Waals surface area contributed by atoms with Crippen LogP contribution in [-0.2, 0) is 6.42 Å². The van der Waals surface area contributed by atoms with Gasteiger partial charge >= 0.3 is 0 Å². The number of H-pyrrole nitrogens is 1. The van der Waals surface area contributed by atoms with E-state index >= 15 is 0 Å². The van der Waals surface area contributed by atoms with Crippen molar-refractivity contribution in [1.29, 1.82) is 0 Å². The van der Waals surface area contributed by atoms with Crippen molar-refractivity contribution in [3.05, 3.63) is 76.9 Å². The third-order valence-corrected chi connectivity index (χ3v) is 6.81. The van der Waals surface area contributed by atoms with Crippen molar-refractivity contribution < 1.29 is 4.79 Å². The van der Waals surface area contributed by atoms with E-state index < -0.39 is 0 Å². The Kier molecular flexibility index (Phi) is 3.99. The van der Waals surface area contributed by atoms with E-state index in [9.17, 15) is 4.79 Å². The van der Waals surface area contributed by atoms with Crippen LogP contribution < -0.4 is 0 Å². The summed E-state index contributed by atoms with van der Waals surface area (Å²) in [7, 11) is 2.22. The minimum absolute atomic E-state index is 0.0924. The summed E-state index contributed by atoms with van der Waals surface area (Å²) in [5, 5.41) is 2.42. The second-order valence-electron chi connectivity index (χ2n) is 7.68. The van der Waals surface area contributed by atoms with E-state index in [0.717, 1.165) is 29.1 Å². The van der Waals surface area contributed by atoms with E-state index in [1.54, 1.807) is 0 Å². The second kappa shape index (κ2) is 6.39. The summed E-state index contributed by atoms with van der Waals surface area (Å²) in [5.74, 6) is 0.429. The number of likely N-dealkylation sites (N-methyl/N-ethyl adjacent to an activating group) is 1. The Hall–Kier alpha value is -2.30. The normalized spacial score (nSPS) is 21.8. The number of nitrogens with one attached hydrogen (secondary N) is 1. The lowest BCUT2D eigenvalue weighted by molar-refractivity contribution is 0.108. The van der Waals surface area contributed by atoms with Crippen LogP contribution in [0.25, 0.3) is 10.9 Å². The quantitative estimate of drug-likeness (QED) is 0.506. The van der Waals surface area contributed by atoms with Gasteiger partial charge in [0.05, 0.1) is 5.03 Å². The van der Waals surface area contributed by atoms with E-state index in [1.807, 2.05) is 30.3 Å². The van der Waals surface area contributed by atoms with Gasteiger partial charge in [-0.3, -0.25) is 9.69 Å². The third kappa shape index (κ3) is 2.75. The van der Waals surface area contributed by atoms with Crippen LogP contribution in [0.15, 0.2) is 65.2 Å². The number of hydrogen-bond acceptors (Lipinski definition) is 3. The lowest BCUT2D eigenvalue weighted by atomic mass is 9.77.